The van der Waals surface area contributed by atoms with Gasteiger partial charge in [0.15, 0.2) is 0 Å². The summed E-state index contributed by atoms with van der Waals surface area (Å²) in [6, 6.07) is 5.27. The van der Waals surface area contributed by atoms with Crippen LogP contribution in [0.25, 0.3) is 11.0 Å². The molecule has 1 aromatic heterocycles. The monoisotopic (exact) mass is 535 g/mol. The molecule has 5 nitrogen and oxygen atoms in total. The molecule has 1 heterocycles. The first-order chi connectivity index (χ1) is 7.22. The number of nitrogens with one attached hydrogen (secondary N) is 1. The minimum Gasteiger partial charge on any atom is -0.345 e. The quantitative estimate of drug-likeness (QED) is 0.587. The third-order valence-corrected chi connectivity index (χ3v) is 2.23. The van der Waals surface area contributed by atoms with E-state index in [0.717, 1.165) is 11.0 Å². The van der Waals surface area contributed by atoms with Crippen LogP contribution >= 0.6 is 0 Å². The van der Waals surface area contributed by atoms with E-state index in [-0.39, 0.29) is 52.9 Å². The number of carbonyl (C=O) groups is 1. The zero-order valence-electron chi connectivity index (χ0n) is 9.48. The van der Waals surface area contributed by atoms with Gasteiger partial charge in [0.25, 0.3) is 5.91 Å². The van der Waals surface area contributed by atoms with Gasteiger partial charge >= 0.3 is 0 Å². The summed E-state index contributed by atoms with van der Waals surface area (Å²) in [5, 5.41) is 1.18. The largest absolute Gasteiger partial charge is 0.345 e. The molecule has 2 rings (SSSR count). The maximum absolute atomic E-state index is 11.7. The fourth-order valence-corrected chi connectivity index (χ4v) is 1.33. The molecule has 0 unspecified atom stereocenters. The zero-order valence-corrected chi connectivity index (χ0v) is 15.5. The molecule has 7 heteroatoms. The van der Waals surface area contributed by atoms with E-state index in [1.165, 1.54) is 12.2 Å². The number of nitrogens with zero attached hydrogens (tertiary/aromatic N) is 2. The minimum absolute atomic E-state index is 0. The van der Waals surface area contributed by atoms with E-state index in [4.69, 9.17) is 4.84 Å². The van der Waals surface area contributed by atoms with Crippen molar-refractivity contribution in [3.63, 3.8) is 0 Å². The van der Waals surface area contributed by atoms with Crippen LogP contribution < -0.4 is 0 Å². The molecule has 0 fully saturated rings. The zero-order chi connectivity index (χ0) is 10.8. The van der Waals surface area contributed by atoms with Crippen molar-refractivity contribution in [3.05, 3.63) is 30.1 Å². The van der Waals surface area contributed by atoms with Crippen molar-refractivity contribution in [3.8, 4) is 0 Å². The Morgan fingerprint density at radius 2 is 2.18 bits per heavy atom. The van der Waals surface area contributed by atoms with E-state index >= 15 is 0 Å². The standard InChI is InChI=1S/C10H11N3O2.Am.Y/c1-13(15-2)10(14)7-3-4-8-9(5-7)12-6-11-8;;/h3-6H,1-2H3,(H,11,12);;. The smallest absolute Gasteiger partial charge is 0.277 e. The predicted molar refractivity (Wildman–Crippen MR) is 55.2 cm³/mol. The van der Waals surface area contributed by atoms with Gasteiger partial charge in [0, 0.05) is 59.6 Å². The molecule has 17 heavy (non-hydrogen) atoms. The molecule has 0 aliphatic carbocycles. The van der Waals surface area contributed by atoms with Crippen molar-refractivity contribution < 1.29 is 56.6 Å². The fourth-order valence-electron chi connectivity index (χ4n) is 1.33. The number of imidazole rings is 1. The first-order valence-electron chi connectivity index (χ1n) is 4.47. The van der Waals surface area contributed by atoms with Gasteiger partial charge in [-0.05, 0) is 18.2 Å². The molecule has 2 aromatic rings. The van der Waals surface area contributed by atoms with Crippen LogP contribution in [0.4, 0.5) is 0 Å². The maximum atomic E-state index is 11.7. The molecule has 0 saturated carbocycles. The number of amides is 1. The second-order valence-corrected chi connectivity index (χ2v) is 3.12. The molecular weight excluding hydrogens is 526 g/mol. The summed E-state index contributed by atoms with van der Waals surface area (Å²) < 4.78 is 0. The van der Waals surface area contributed by atoms with E-state index in [1.807, 2.05) is 0 Å². The second-order valence-electron chi connectivity index (χ2n) is 3.12. The first kappa shape index (κ1) is 16.6. The van der Waals surface area contributed by atoms with E-state index in [0.29, 0.717) is 5.56 Å². The molecule has 0 spiro atoms. The Bertz CT molecular complexity index is 503. The van der Waals surface area contributed by atoms with Crippen LogP contribution in [0.2, 0.25) is 0 Å². The number of rotatable bonds is 2. The van der Waals surface area contributed by atoms with Crippen LogP contribution in [0.5, 0.6) is 0 Å². The molecule has 1 amide bonds. The number of hydrogen-bond acceptors (Lipinski definition) is 3. The Morgan fingerprint density at radius 1 is 1.47 bits per heavy atom. The number of fused-ring (bicyclic) bond motifs is 1. The summed E-state index contributed by atoms with van der Waals surface area (Å²) in [5.74, 6) is -0.186. The third kappa shape index (κ3) is 3.53. The average molecular weight is 537 g/mol. The minimum atomic E-state index is -0.186. The second kappa shape index (κ2) is 7.14. The third-order valence-electron chi connectivity index (χ3n) is 2.23. The van der Waals surface area contributed by atoms with Gasteiger partial charge in [0.1, 0.15) is 0 Å². The van der Waals surface area contributed by atoms with Crippen molar-refractivity contribution in [1.29, 1.82) is 0 Å². The molecule has 0 atom stereocenters. The normalized spacial score (nSPS) is 9.29. The number of aromatic amines is 1. The average Bonchev–Trinajstić information content (AvgIpc) is 2.73. The molecular formula is C10H11AmN3O2Y. The summed E-state index contributed by atoms with van der Waals surface area (Å²) in [7, 11) is 3.02. The fraction of sp³-hybridized carbons (Fsp3) is 0.200. The Balaban J connectivity index is 0.00000128. The van der Waals surface area contributed by atoms with Crippen LogP contribution in [0.3, 0.4) is 0 Å². The van der Waals surface area contributed by atoms with Gasteiger partial charge in [-0.1, -0.05) is 0 Å². The van der Waals surface area contributed by atoms with E-state index < -0.39 is 0 Å². The van der Waals surface area contributed by atoms with E-state index in [9.17, 15) is 4.79 Å². The van der Waals surface area contributed by atoms with Gasteiger partial charge in [-0.2, -0.15) is 0 Å². The summed E-state index contributed by atoms with van der Waals surface area (Å²) >= 11 is 0. The summed E-state index contributed by atoms with van der Waals surface area (Å²) in [6.07, 6.45) is 1.60. The predicted octanol–water partition coefficient (Wildman–Crippen LogP) is 1.19. The van der Waals surface area contributed by atoms with Gasteiger partial charge in [0.05, 0.1) is 24.5 Å². The Hall–Kier alpha value is -0.386. The van der Waals surface area contributed by atoms with Crippen molar-refractivity contribution in [2.45, 2.75) is 0 Å². The first-order valence-corrected chi connectivity index (χ1v) is 4.47. The number of H-pyrrole nitrogens is 1. The van der Waals surface area contributed by atoms with Crippen LogP contribution in [-0.2, 0) is 37.5 Å². The van der Waals surface area contributed by atoms with Gasteiger partial charge in [-0.25, -0.2) is 10.0 Å². The topological polar surface area (TPSA) is 58.2 Å². The Kier molecular flexibility index (Phi) is 6.98. The van der Waals surface area contributed by atoms with Crippen molar-refractivity contribution in [2.75, 3.05) is 14.2 Å². The SMILES string of the molecule is CON(C)C(=O)c1ccc2nc[nH]c2c1.[Am].[Y]. The molecule has 0 saturated heterocycles. The van der Waals surface area contributed by atoms with Crippen molar-refractivity contribution >= 4 is 16.9 Å². The molecule has 1 aromatic carbocycles. The molecule has 1 N–H and O–H groups in total. The number of hydrogen-bond donors (Lipinski definition) is 1. The number of carbonyl (C=O) groups excluding carboxylic acids is 1. The van der Waals surface area contributed by atoms with Crippen LogP contribution in [0, 0.1) is 14.3 Å². The van der Waals surface area contributed by atoms with Gasteiger partial charge < -0.3 is 4.98 Å². The van der Waals surface area contributed by atoms with Crippen LogP contribution in [0.1, 0.15) is 10.4 Å². The van der Waals surface area contributed by atoms with Gasteiger partial charge in [-0.3, -0.25) is 9.63 Å². The summed E-state index contributed by atoms with van der Waals surface area (Å²) in [4.78, 5) is 23.5. The maximum Gasteiger partial charge on any atom is 0.277 e. The Morgan fingerprint density at radius 3 is 2.82 bits per heavy atom. The molecule has 88 valence electrons. The summed E-state index contributed by atoms with van der Waals surface area (Å²) in [6.45, 7) is 0. The van der Waals surface area contributed by atoms with Crippen molar-refractivity contribution in [2.24, 2.45) is 0 Å². The van der Waals surface area contributed by atoms with Crippen LogP contribution in [-0.4, -0.2) is 35.1 Å². The van der Waals surface area contributed by atoms with Crippen LogP contribution in [0.15, 0.2) is 24.5 Å². The molecule has 0 aliphatic heterocycles. The van der Waals surface area contributed by atoms with E-state index in [2.05, 4.69) is 9.97 Å². The number of aromatic nitrogens is 2. The number of hydroxylamine groups is 2. The van der Waals surface area contributed by atoms with Gasteiger partial charge in [-0.15, -0.1) is 0 Å². The van der Waals surface area contributed by atoms with E-state index in [1.54, 1.807) is 31.6 Å². The Labute approximate surface area is 132 Å². The molecule has 0 aliphatic rings. The van der Waals surface area contributed by atoms with Crippen molar-refractivity contribution in [1.82, 2.24) is 15.0 Å². The molecule has 2 radical (unpaired) electrons. The summed E-state index contributed by atoms with van der Waals surface area (Å²) in [5.41, 5.74) is 2.24. The number of benzene rings is 1. The van der Waals surface area contributed by atoms with Gasteiger partial charge in [0.2, 0.25) is 0 Å². The molecule has 0 bridgehead atoms.